The molecule has 0 heterocycles. The molecule has 7 heteroatoms. The van der Waals surface area contributed by atoms with E-state index in [1.807, 2.05) is 66.7 Å². The first-order chi connectivity index (χ1) is 20.0. The Morgan fingerprint density at radius 3 is 2.15 bits per heavy atom. The van der Waals surface area contributed by atoms with Gasteiger partial charge in [0.15, 0.2) is 0 Å². The molecule has 0 saturated carbocycles. The van der Waals surface area contributed by atoms with Crippen molar-refractivity contribution in [2.75, 3.05) is 11.9 Å². The van der Waals surface area contributed by atoms with Gasteiger partial charge in [-0.15, -0.1) is 0 Å². The number of esters is 2. The molecule has 0 aliphatic rings. The minimum absolute atomic E-state index is 0.196. The van der Waals surface area contributed by atoms with Crippen molar-refractivity contribution in [2.24, 2.45) is 0 Å². The Bertz CT molecular complexity index is 1860. The number of carbonyl (C=O) groups is 3. The molecule has 0 aliphatic heterocycles. The Morgan fingerprint density at radius 1 is 0.780 bits per heavy atom. The van der Waals surface area contributed by atoms with E-state index >= 15 is 0 Å². The van der Waals surface area contributed by atoms with Crippen LogP contribution in [-0.2, 0) is 9.53 Å². The molecule has 0 atom stereocenters. The van der Waals surface area contributed by atoms with Crippen molar-refractivity contribution in [2.45, 2.75) is 6.92 Å². The second-order valence-corrected chi connectivity index (χ2v) is 9.04. The highest BCUT2D eigenvalue weighted by Gasteiger charge is 2.18. The molecule has 0 bridgehead atoms. The van der Waals surface area contributed by atoms with Crippen LogP contribution in [0.2, 0.25) is 0 Å². The Kier molecular flexibility index (Phi) is 7.84. The van der Waals surface area contributed by atoms with Crippen LogP contribution in [0.1, 0.15) is 33.2 Å². The quantitative estimate of drug-likeness (QED) is 0.104. The highest BCUT2D eigenvalue weighted by atomic mass is 16.5. The maximum Gasteiger partial charge on any atom is 0.344 e. The second-order valence-electron chi connectivity index (χ2n) is 9.04. The Balaban J connectivity index is 1.48. The third kappa shape index (κ3) is 5.82. The molecule has 200 valence electrons. The molecule has 5 aromatic rings. The third-order valence-corrected chi connectivity index (χ3v) is 6.45. The van der Waals surface area contributed by atoms with E-state index in [4.69, 9.17) is 9.47 Å². The van der Waals surface area contributed by atoms with Gasteiger partial charge < -0.3 is 14.8 Å². The van der Waals surface area contributed by atoms with Crippen LogP contribution in [0, 0.1) is 11.3 Å². The molecule has 0 aromatic heterocycles. The maximum absolute atomic E-state index is 13.3. The van der Waals surface area contributed by atoms with E-state index in [-0.39, 0.29) is 17.9 Å². The summed E-state index contributed by atoms with van der Waals surface area (Å²) in [6.45, 7) is 1.97. The van der Waals surface area contributed by atoms with Crippen molar-refractivity contribution in [3.05, 3.63) is 125 Å². The number of ether oxygens (including phenoxy) is 2. The Hall–Kier alpha value is -5.74. The second kappa shape index (κ2) is 12.0. The highest BCUT2D eigenvalue weighted by molar-refractivity contribution is 6.12. The zero-order valence-corrected chi connectivity index (χ0v) is 22.1. The van der Waals surface area contributed by atoms with E-state index in [1.54, 1.807) is 37.3 Å². The van der Waals surface area contributed by atoms with Crippen LogP contribution in [0.4, 0.5) is 5.69 Å². The summed E-state index contributed by atoms with van der Waals surface area (Å²) in [6, 6.07) is 31.9. The first-order valence-corrected chi connectivity index (χ1v) is 12.9. The summed E-state index contributed by atoms with van der Waals surface area (Å²) in [6.07, 6.45) is 1.41. The Morgan fingerprint density at radius 2 is 1.44 bits per heavy atom. The largest absolute Gasteiger partial charge is 0.462 e. The van der Waals surface area contributed by atoms with Crippen molar-refractivity contribution >= 4 is 51.2 Å². The molecule has 0 aliphatic carbocycles. The molecule has 5 aromatic carbocycles. The summed E-state index contributed by atoms with van der Waals surface area (Å²) >= 11 is 0. The number of amides is 1. The van der Waals surface area contributed by atoms with Gasteiger partial charge in [0, 0.05) is 11.3 Å². The van der Waals surface area contributed by atoms with Crippen molar-refractivity contribution in [1.82, 2.24) is 0 Å². The molecule has 7 nitrogen and oxygen atoms in total. The average Bonchev–Trinajstić information content (AvgIpc) is 3.00. The fourth-order valence-electron chi connectivity index (χ4n) is 4.47. The number of hydrogen-bond acceptors (Lipinski definition) is 6. The zero-order chi connectivity index (χ0) is 28.8. The minimum atomic E-state index is -0.657. The number of nitrogens with one attached hydrogen (secondary N) is 1. The predicted molar refractivity (Wildman–Crippen MR) is 157 cm³/mol. The molecule has 0 saturated heterocycles. The molecule has 0 spiro atoms. The summed E-state index contributed by atoms with van der Waals surface area (Å²) in [7, 11) is 0. The lowest BCUT2D eigenvalue weighted by Gasteiger charge is -2.13. The molecule has 41 heavy (non-hydrogen) atoms. The molecule has 1 N–H and O–H groups in total. The van der Waals surface area contributed by atoms with Crippen molar-refractivity contribution in [3.8, 4) is 11.8 Å². The van der Waals surface area contributed by atoms with Crippen molar-refractivity contribution in [1.29, 1.82) is 5.26 Å². The molecular formula is C34H24N2O5. The topological polar surface area (TPSA) is 105 Å². The van der Waals surface area contributed by atoms with Gasteiger partial charge in [-0.25, -0.2) is 9.59 Å². The zero-order valence-electron chi connectivity index (χ0n) is 22.1. The fourth-order valence-corrected chi connectivity index (χ4v) is 4.47. The van der Waals surface area contributed by atoms with Gasteiger partial charge in [-0.3, -0.25) is 4.79 Å². The minimum Gasteiger partial charge on any atom is -0.462 e. The summed E-state index contributed by atoms with van der Waals surface area (Å²) in [5.74, 6) is -1.47. The number of nitrogens with zero attached hydrogens (tertiary/aromatic N) is 1. The van der Waals surface area contributed by atoms with E-state index in [0.29, 0.717) is 27.8 Å². The summed E-state index contributed by atoms with van der Waals surface area (Å²) in [4.78, 5) is 38.4. The molecular weight excluding hydrogens is 516 g/mol. The maximum atomic E-state index is 13.3. The molecule has 5 rings (SSSR count). The first kappa shape index (κ1) is 26.9. The van der Waals surface area contributed by atoms with Gasteiger partial charge in [0.05, 0.1) is 17.7 Å². The molecule has 1 amide bonds. The number of anilines is 1. The van der Waals surface area contributed by atoms with Gasteiger partial charge in [0.2, 0.25) is 0 Å². The van der Waals surface area contributed by atoms with Crippen LogP contribution in [0.5, 0.6) is 5.75 Å². The lowest BCUT2D eigenvalue weighted by Crippen LogP contribution is -2.14. The summed E-state index contributed by atoms with van der Waals surface area (Å²) < 4.78 is 10.9. The summed E-state index contributed by atoms with van der Waals surface area (Å²) in [5, 5.41) is 15.8. The number of nitriles is 1. The number of benzene rings is 5. The summed E-state index contributed by atoms with van der Waals surface area (Å²) in [5.41, 5.74) is 1.36. The third-order valence-electron chi connectivity index (χ3n) is 6.45. The first-order valence-electron chi connectivity index (χ1n) is 12.9. The van der Waals surface area contributed by atoms with E-state index in [2.05, 4.69) is 5.32 Å². The number of hydrogen-bond donors (Lipinski definition) is 1. The van der Waals surface area contributed by atoms with E-state index < -0.39 is 17.8 Å². The molecule has 0 unspecified atom stereocenters. The van der Waals surface area contributed by atoms with Crippen molar-refractivity contribution in [3.63, 3.8) is 0 Å². The molecule has 0 radical (unpaired) electrons. The number of carbonyl (C=O) groups excluding carboxylic acids is 3. The predicted octanol–water partition coefficient (Wildman–Crippen LogP) is 6.93. The highest BCUT2D eigenvalue weighted by Crippen LogP contribution is 2.32. The van der Waals surface area contributed by atoms with Gasteiger partial charge >= 0.3 is 11.9 Å². The standard InChI is InChI=1S/C34H24N2O5/c1-2-40-33(38)24-14-17-26(18-15-24)36-32(37)25(21-35)20-30-28-12-6-4-9-23(28)16-19-31(30)41-34(39)29-13-7-10-22-8-3-5-11-27(22)29/h3-20H,2H2,1H3,(H,36,37)/b25-20+. The lowest BCUT2D eigenvalue weighted by molar-refractivity contribution is -0.112. The lowest BCUT2D eigenvalue weighted by atomic mass is 10.0. The van der Waals surface area contributed by atoms with Crippen molar-refractivity contribution < 1.29 is 23.9 Å². The van der Waals surface area contributed by atoms with Crippen LogP contribution in [0.15, 0.2) is 109 Å². The average molecular weight is 541 g/mol. The number of fused-ring (bicyclic) bond motifs is 2. The normalized spacial score (nSPS) is 11.1. The number of rotatable bonds is 7. The Labute approximate surface area is 236 Å². The van der Waals surface area contributed by atoms with Gasteiger partial charge in [-0.05, 0) is 70.9 Å². The van der Waals surface area contributed by atoms with Crippen LogP contribution in [0.25, 0.3) is 27.6 Å². The van der Waals surface area contributed by atoms with Gasteiger partial charge in [-0.1, -0.05) is 66.7 Å². The van der Waals surface area contributed by atoms with Crippen LogP contribution >= 0.6 is 0 Å². The van der Waals surface area contributed by atoms with E-state index in [9.17, 15) is 19.6 Å². The monoisotopic (exact) mass is 540 g/mol. The van der Waals surface area contributed by atoms with Gasteiger partial charge in [-0.2, -0.15) is 5.26 Å². The van der Waals surface area contributed by atoms with Crippen LogP contribution in [0.3, 0.4) is 0 Å². The van der Waals surface area contributed by atoms with E-state index in [0.717, 1.165) is 16.2 Å². The SMILES string of the molecule is CCOC(=O)c1ccc(NC(=O)/C(C#N)=C/c2c(OC(=O)c3cccc4ccccc34)ccc3ccccc23)cc1. The van der Waals surface area contributed by atoms with Gasteiger partial charge in [0.25, 0.3) is 5.91 Å². The van der Waals surface area contributed by atoms with E-state index in [1.165, 1.54) is 18.2 Å². The smallest absolute Gasteiger partial charge is 0.344 e. The fraction of sp³-hybridized carbons (Fsp3) is 0.0588. The molecule has 0 fully saturated rings. The van der Waals surface area contributed by atoms with Crippen LogP contribution in [-0.4, -0.2) is 24.5 Å². The van der Waals surface area contributed by atoms with Gasteiger partial charge in [0.1, 0.15) is 17.4 Å². The van der Waals surface area contributed by atoms with Crippen LogP contribution < -0.4 is 10.1 Å².